The van der Waals surface area contributed by atoms with Crippen molar-refractivity contribution in [1.82, 2.24) is 4.90 Å². The van der Waals surface area contributed by atoms with Crippen LogP contribution >= 0.6 is 0 Å². The average molecular weight is 282 g/mol. The fraction of sp³-hybridized carbons (Fsp3) is 0.235. The molecule has 1 heterocycles. The summed E-state index contributed by atoms with van der Waals surface area (Å²) in [5.74, 6) is 0.872. The Hall–Kier alpha value is -2.49. The highest BCUT2D eigenvalue weighted by molar-refractivity contribution is 6.01. The van der Waals surface area contributed by atoms with Crippen molar-refractivity contribution in [3.05, 3.63) is 59.7 Å². The largest absolute Gasteiger partial charge is 0.497 e. The third kappa shape index (κ3) is 2.33. The SMILES string of the molecule is CCN1C(=O)c2ccccc2N[C@H]1c1ccc(OC)cc1. The summed E-state index contributed by atoms with van der Waals surface area (Å²) < 4.78 is 5.19. The number of ether oxygens (including phenoxy) is 1. The molecular formula is C17H18N2O2. The zero-order chi connectivity index (χ0) is 14.8. The highest BCUT2D eigenvalue weighted by Crippen LogP contribution is 2.33. The summed E-state index contributed by atoms with van der Waals surface area (Å²) in [4.78, 5) is 14.5. The van der Waals surface area contributed by atoms with Crippen molar-refractivity contribution in [2.24, 2.45) is 0 Å². The lowest BCUT2D eigenvalue weighted by Gasteiger charge is -2.37. The fourth-order valence-electron chi connectivity index (χ4n) is 2.67. The molecule has 4 nitrogen and oxygen atoms in total. The molecular weight excluding hydrogens is 264 g/mol. The maximum atomic E-state index is 12.6. The summed E-state index contributed by atoms with van der Waals surface area (Å²) in [7, 11) is 1.64. The summed E-state index contributed by atoms with van der Waals surface area (Å²) in [6.07, 6.45) is -0.150. The number of rotatable bonds is 3. The molecule has 0 saturated carbocycles. The average Bonchev–Trinajstić information content (AvgIpc) is 2.55. The minimum absolute atomic E-state index is 0.0627. The molecule has 0 fully saturated rings. The third-order valence-electron chi connectivity index (χ3n) is 3.79. The van der Waals surface area contributed by atoms with Crippen molar-refractivity contribution in [2.75, 3.05) is 19.0 Å². The topological polar surface area (TPSA) is 41.6 Å². The first-order chi connectivity index (χ1) is 10.2. The molecule has 0 bridgehead atoms. The molecule has 3 rings (SSSR count). The predicted octanol–water partition coefficient (Wildman–Crippen LogP) is 3.28. The van der Waals surface area contributed by atoms with Crippen LogP contribution in [0.2, 0.25) is 0 Å². The van der Waals surface area contributed by atoms with Gasteiger partial charge in [-0.05, 0) is 36.8 Å². The summed E-state index contributed by atoms with van der Waals surface area (Å²) in [6.45, 7) is 2.64. The molecule has 0 spiro atoms. The molecule has 0 radical (unpaired) electrons. The van der Waals surface area contributed by atoms with Gasteiger partial charge in [0.25, 0.3) is 5.91 Å². The van der Waals surface area contributed by atoms with E-state index in [9.17, 15) is 4.79 Å². The number of nitrogens with zero attached hydrogens (tertiary/aromatic N) is 1. The molecule has 1 N–H and O–H groups in total. The number of methoxy groups -OCH3 is 1. The molecule has 1 aliphatic heterocycles. The van der Waals surface area contributed by atoms with Crippen LogP contribution in [-0.4, -0.2) is 24.5 Å². The molecule has 0 aliphatic carbocycles. The Morgan fingerprint density at radius 2 is 1.86 bits per heavy atom. The lowest BCUT2D eigenvalue weighted by atomic mass is 10.0. The number of para-hydroxylation sites is 1. The van der Waals surface area contributed by atoms with Gasteiger partial charge in [-0.2, -0.15) is 0 Å². The lowest BCUT2D eigenvalue weighted by molar-refractivity contribution is 0.0695. The summed E-state index contributed by atoms with van der Waals surface area (Å²) >= 11 is 0. The number of amides is 1. The lowest BCUT2D eigenvalue weighted by Crippen LogP contribution is -2.42. The van der Waals surface area contributed by atoms with Crippen LogP contribution in [0, 0.1) is 0 Å². The Morgan fingerprint density at radius 3 is 2.52 bits per heavy atom. The van der Waals surface area contributed by atoms with E-state index in [1.165, 1.54) is 0 Å². The van der Waals surface area contributed by atoms with E-state index in [-0.39, 0.29) is 12.1 Å². The summed E-state index contributed by atoms with van der Waals surface area (Å²) in [5.41, 5.74) is 2.65. The number of fused-ring (bicyclic) bond motifs is 1. The van der Waals surface area contributed by atoms with Crippen molar-refractivity contribution in [3.8, 4) is 5.75 Å². The van der Waals surface area contributed by atoms with E-state index in [1.54, 1.807) is 7.11 Å². The van der Waals surface area contributed by atoms with Crippen LogP contribution < -0.4 is 10.1 Å². The van der Waals surface area contributed by atoms with E-state index in [2.05, 4.69) is 5.32 Å². The molecule has 1 aliphatic rings. The van der Waals surface area contributed by atoms with Gasteiger partial charge in [-0.3, -0.25) is 4.79 Å². The van der Waals surface area contributed by atoms with Gasteiger partial charge in [0.1, 0.15) is 11.9 Å². The van der Waals surface area contributed by atoms with Crippen LogP contribution in [0.15, 0.2) is 48.5 Å². The van der Waals surface area contributed by atoms with E-state index in [0.717, 1.165) is 22.6 Å². The predicted molar refractivity (Wildman–Crippen MR) is 82.5 cm³/mol. The Labute approximate surface area is 124 Å². The van der Waals surface area contributed by atoms with Gasteiger partial charge in [0.2, 0.25) is 0 Å². The van der Waals surface area contributed by atoms with E-state index < -0.39 is 0 Å². The first-order valence-corrected chi connectivity index (χ1v) is 7.05. The van der Waals surface area contributed by atoms with Crippen LogP contribution in [-0.2, 0) is 0 Å². The van der Waals surface area contributed by atoms with Crippen molar-refractivity contribution in [2.45, 2.75) is 13.1 Å². The summed E-state index contributed by atoms with van der Waals surface area (Å²) in [5, 5.41) is 3.45. The molecule has 4 heteroatoms. The molecule has 1 amide bonds. The Balaban J connectivity index is 1.99. The zero-order valence-corrected chi connectivity index (χ0v) is 12.2. The molecule has 0 saturated heterocycles. The number of nitrogens with one attached hydrogen (secondary N) is 1. The van der Waals surface area contributed by atoms with Gasteiger partial charge in [0, 0.05) is 12.2 Å². The fourth-order valence-corrected chi connectivity index (χ4v) is 2.67. The van der Waals surface area contributed by atoms with Crippen molar-refractivity contribution in [3.63, 3.8) is 0 Å². The monoisotopic (exact) mass is 282 g/mol. The number of hydrogen-bond acceptors (Lipinski definition) is 3. The van der Waals surface area contributed by atoms with E-state index in [1.807, 2.05) is 60.4 Å². The second kappa shape index (κ2) is 5.48. The van der Waals surface area contributed by atoms with Crippen molar-refractivity contribution in [1.29, 1.82) is 0 Å². The van der Waals surface area contributed by atoms with Gasteiger partial charge in [-0.15, -0.1) is 0 Å². The quantitative estimate of drug-likeness (QED) is 0.939. The maximum absolute atomic E-state index is 12.6. The van der Waals surface area contributed by atoms with E-state index >= 15 is 0 Å². The van der Waals surface area contributed by atoms with Crippen LogP contribution in [0.1, 0.15) is 29.0 Å². The second-order valence-corrected chi connectivity index (χ2v) is 4.96. The first kappa shape index (κ1) is 13.5. The molecule has 2 aromatic rings. The van der Waals surface area contributed by atoms with Gasteiger partial charge >= 0.3 is 0 Å². The second-order valence-electron chi connectivity index (χ2n) is 4.96. The minimum atomic E-state index is -0.150. The van der Waals surface area contributed by atoms with Crippen LogP contribution in [0.4, 0.5) is 5.69 Å². The van der Waals surface area contributed by atoms with E-state index in [0.29, 0.717) is 6.54 Å². The molecule has 0 unspecified atom stereocenters. The Morgan fingerprint density at radius 1 is 1.14 bits per heavy atom. The van der Waals surface area contributed by atoms with Crippen LogP contribution in [0.3, 0.4) is 0 Å². The van der Waals surface area contributed by atoms with Crippen molar-refractivity contribution >= 4 is 11.6 Å². The standard InChI is InChI=1S/C17H18N2O2/c1-3-19-16(12-8-10-13(21-2)11-9-12)18-15-7-5-4-6-14(15)17(19)20/h4-11,16,18H,3H2,1-2H3/t16-/m1/s1. The van der Waals surface area contributed by atoms with Gasteiger partial charge in [0.05, 0.1) is 12.7 Å². The highest BCUT2D eigenvalue weighted by Gasteiger charge is 2.31. The number of hydrogen-bond donors (Lipinski definition) is 1. The van der Waals surface area contributed by atoms with Crippen molar-refractivity contribution < 1.29 is 9.53 Å². The molecule has 21 heavy (non-hydrogen) atoms. The molecule has 2 aromatic carbocycles. The molecule has 108 valence electrons. The number of carbonyl (C=O) groups excluding carboxylic acids is 1. The number of anilines is 1. The highest BCUT2D eigenvalue weighted by atomic mass is 16.5. The maximum Gasteiger partial charge on any atom is 0.257 e. The zero-order valence-electron chi connectivity index (χ0n) is 12.2. The normalized spacial score (nSPS) is 17.1. The molecule has 1 atom stereocenters. The van der Waals surface area contributed by atoms with Crippen LogP contribution in [0.5, 0.6) is 5.75 Å². The first-order valence-electron chi connectivity index (χ1n) is 7.05. The Bertz CT molecular complexity index is 652. The third-order valence-corrected chi connectivity index (χ3v) is 3.79. The Kier molecular flexibility index (Phi) is 3.52. The van der Waals surface area contributed by atoms with Gasteiger partial charge in [0.15, 0.2) is 0 Å². The van der Waals surface area contributed by atoms with Crippen LogP contribution in [0.25, 0.3) is 0 Å². The summed E-state index contributed by atoms with van der Waals surface area (Å²) in [6, 6.07) is 15.4. The molecule has 0 aromatic heterocycles. The van der Waals surface area contributed by atoms with Gasteiger partial charge in [-0.25, -0.2) is 0 Å². The van der Waals surface area contributed by atoms with Gasteiger partial charge < -0.3 is 15.0 Å². The number of benzene rings is 2. The smallest absolute Gasteiger partial charge is 0.257 e. The number of carbonyl (C=O) groups is 1. The minimum Gasteiger partial charge on any atom is -0.497 e. The van der Waals surface area contributed by atoms with E-state index in [4.69, 9.17) is 4.74 Å². The van der Waals surface area contributed by atoms with Gasteiger partial charge in [-0.1, -0.05) is 24.3 Å².